The summed E-state index contributed by atoms with van der Waals surface area (Å²) in [6.45, 7) is 1.93. The molecule has 4 heteroatoms. The molecule has 0 radical (unpaired) electrons. The van der Waals surface area contributed by atoms with E-state index < -0.39 is 0 Å². The monoisotopic (exact) mass is 268 g/mol. The molecule has 0 aliphatic carbocycles. The Morgan fingerprint density at radius 3 is 2.87 bits per heavy atom. The molecule has 2 rings (SSSR count). The Morgan fingerprint density at radius 2 is 2.27 bits per heavy atom. The Kier molecular flexibility index (Phi) is 2.86. The van der Waals surface area contributed by atoms with E-state index in [-0.39, 0.29) is 5.82 Å². The van der Waals surface area contributed by atoms with Crippen molar-refractivity contribution in [2.45, 2.75) is 12.3 Å². The predicted molar refractivity (Wildman–Crippen MR) is 60.9 cm³/mol. The van der Waals surface area contributed by atoms with Gasteiger partial charge in [0.25, 0.3) is 0 Å². The fraction of sp³-hybridized carbons (Fsp3) is 0.182. The Hall–Kier alpha value is -1.16. The highest BCUT2D eigenvalue weighted by Crippen LogP contribution is 2.20. The summed E-state index contributed by atoms with van der Waals surface area (Å²) in [7, 11) is 0. The lowest BCUT2D eigenvalue weighted by atomic mass is 10.2. The van der Waals surface area contributed by atoms with Crippen LogP contribution in [0.2, 0.25) is 0 Å². The van der Waals surface area contributed by atoms with Gasteiger partial charge >= 0.3 is 0 Å². The summed E-state index contributed by atoms with van der Waals surface area (Å²) in [5.74, 6) is -0.255. The first-order valence-corrected chi connectivity index (χ1v) is 5.69. The van der Waals surface area contributed by atoms with Gasteiger partial charge in [-0.3, -0.25) is 0 Å². The first kappa shape index (κ1) is 10.4. The number of hydrogen-bond acceptors (Lipinski definition) is 1. The second-order valence-electron chi connectivity index (χ2n) is 3.34. The van der Waals surface area contributed by atoms with Gasteiger partial charge < -0.3 is 0 Å². The summed E-state index contributed by atoms with van der Waals surface area (Å²) in [6, 6.07) is 5.02. The molecule has 0 aliphatic rings. The van der Waals surface area contributed by atoms with Gasteiger partial charge in [-0.05, 0) is 24.1 Å². The van der Waals surface area contributed by atoms with Crippen molar-refractivity contribution in [1.82, 2.24) is 9.78 Å². The lowest BCUT2D eigenvalue weighted by molar-refractivity contribution is 0.609. The van der Waals surface area contributed by atoms with Crippen LogP contribution in [0.1, 0.15) is 11.1 Å². The predicted octanol–water partition coefficient (Wildman–Crippen LogP) is 3.21. The van der Waals surface area contributed by atoms with E-state index in [2.05, 4.69) is 21.0 Å². The van der Waals surface area contributed by atoms with Crippen molar-refractivity contribution in [2.24, 2.45) is 0 Å². The first-order valence-electron chi connectivity index (χ1n) is 4.57. The zero-order valence-electron chi connectivity index (χ0n) is 8.24. The van der Waals surface area contributed by atoms with Crippen molar-refractivity contribution in [2.75, 3.05) is 0 Å². The Labute approximate surface area is 95.9 Å². The van der Waals surface area contributed by atoms with Gasteiger partial charge in [0.2, 0.25) is 0 Å². The zero-order valence-corrected chi connectivity index (χ0v) is 9.83. The third-order valence-electron chi connectivity index (χ3n) is 2.16. The van der Waals surface area contributed by atoms with Gasteiger partial charge in [-0.1, -0.05) is 28.1 Å². The number of aromatic nitrogens is 2. The quantitative estimate of drug-likeness (QED) is 0.765. The fourth-order valence-corrected chi connectivity index (χ4v) is 1.91. The molecule has 0 N–H and O–H groups in total. The first-order chi connectivity index (χ1) is 7.22. The second-order valence-corrected chi connectivity index (χ2v) is 3.90. The normalized spacial score (nSPS) is 10.6. The van der Waals surface area contributed by atoms with Crippen molar-refractivity contribution < 1.29 is 4.39 Å². The van der Waals surface area contributed by atoms with E-state index in [0.29, 0.717) is 11.0 Å². The van der Waals surface area contributed by atoms with E-state index in [1.807, 2.05) is 19.2 Å². The smallest absolute Gasteiger partial charge is 0.149 e. The van der Waals surface area contributed by atoms with E-state index in [4.69, 9.17) is 0 Å². The van der Waals surface area contributed by atoms with Crippen LogP contribution in [-0.4, -0.2) is 9.78 Å². The lowest BCUT2D eigenvalue weighted by Gasteiger charge is -2.07. The van der Waals surface area contributed by atoms with Gasteiger partial charge in [0, 0.05) is 11.5 Å². The molecule has 0 spiro atoms. The number of halogens is 2. The van der Waals surface area contributed by atoms with E-state index in [1.54, 1.807) is 16.9 Å². The van der Waals surface area contributed by atoms with Crippen LogP contribution in [0, 0.1) is 12.7 Å². The molecular formula is C11H10BrFN2. The zero-order chi connectivity index (χ0) is 10.8. The highest BCUT2D eigenvalue weighted by atomic mass is 79.9. The molecule has 0 aliphatic heterocycles. The highest BCUT2D eigenvalue weighted by molar-refractivity contribution is 9.08. The summed E-state index contributed by atoms with van der Waals surface area (Å²) in [5.41, 5.74) is 2.42. The maximum atomic E-state index is 13.7. The molecule has 0 fully saturated rings. The average molecular weight is 269 g/mol. The SMILES string of the molecule is Cc1cnn(-c2c(F)cccc2CBr)c1. The molecule has 2 nitrogen and oxygen atoms in total. The van der Waals surface area contributed by atoms with Crippen LogP contribution in [0.5, 0.6) is 0 Å². The van der Waals surface area contributed by atoms with Gasteiger partial charge in [-0.25, -0.2) is 9.07 Å². The molecule has 2 aromatic rings. The van der Waals surface area contributed by atoms with Crippen LogP contribution in [0.25, 0.3) is 5.69 Å². The average Bonchev–Trinajstić information content (AvgIpc) is 2.64. The number of para-hydroxylation sites is 1. The Morgan fingerprint density at radius 1 is 1.47 bits per heavy atom. The van der Waals surface area contributed by atoms with Crippen LogP contribution in [0.4, 0.5) is 4.39 Å². The van der Waals surface area contributed by atoms with Gasteiger partial charge in [-0.2, -0.15) is 5.10 Å². The molecular weight excluding hydrogens is 259 g/mol. The largest absolute Gasteiger partial charge is 0.237 e. The molecule has 0 atom stereocenters. The second kappa shape index (κ2) is 4.14. The molecule has 1 heterocycles. The van der Waals surface area contributed by atoms with Crippen molar-refractivity contribution in [3.05, 3.63) is 47.5 Å². The maximum absolute atomic E-state index is 13.7. The van der Waals surface area contributed by atoms with Crippen LogP contribution in [-0.2, 0) is 5.33 Å². The van der Waals surface area contributed by atoms with Crippen LogP contribution < -0.4 is 0 Å². The van der Waals surface area contributed by atoms with Crippen molar-refractivity contribution in [3.8, 4) is 5.69 Å². The van der Waals surface area contributed by atoms with Gasteiger partial charge in [-0.15, -0.1) is 0 Å². The van der Waals surface area contributed by atoms with E-state index in [1.165, 1.54) is 6.07 Å². The molecule has 0 saturated carbocycles. The maximum Gasteiger partial charge on any atom is 0.149 e. The van der Waals surface area contributed by atoms with Gasteiger partial charge in [0.05, 0.1) is 6.20 Å². The summed E-state index contributed by atoms with van der Waals surface area (Å²) in [6.07, 6.45) is 3.52. The number of benzene rings is 1. The van der Waals surface area contributed by atoms with Crippen molar-refractivity contribution >= 4 is 15.9 Å². The van der Waals surface area contributed by atoms with E-state index in [0.717, 1.165) is 11.1 Å². The Bertz CT molecular complexity index is 479. The fourth-order valence-electron chi connectivity index (χ4n) is 1.46. The summed E-state index contributed by atoms with van der Waals surface area (Å²) >= 11 is 3.34. The molecule has 0 unspecified atom stereocenters. The number of alkyl halides is 1. The minimum Gasteiger partial charge on any atom is -0.237 e. The molecule has 0 amide bonds. The van der Waals surface area contributed by atoms with Crippen LogP contribution in [0.15, 0.2) is 30.6 Å². The number of hydrogen-bond donors (Lipinski definition) is 0. The van der Waals surface area contributed by atoms with Gasteiger partial charge in [0.15, 0.2) is 0 Å². The molecule has 15 heavy (non-hydrogen) atoms. The molecule has 1 aromatic heterocycles. The van der Waals surface area contributed by atoms with Gasteiger partial charge in [0.1, 0.15) is 11.5 Å². The Balaban J connectivity index is 2.60. The third kappa shape index (κ3) is 1.95. The summed E-state index contributed by atoms with van der Waals surface area (Å²) < 4.78 is 15.2. The highest BCUT2D eigenvalue weighted by Gasteiger charge is 2.10. The van der Waals surface area contributed by atoms with Crippen molar-refractivity contribution in [1.29, 1.82) is 0 Å². The number of rotatable bonds is 2. The molecule has 0 saturated heterocycles. The standard InChI is InChI=1S/C11H10BrFN2/c1-8-6-14-15(7-8)11-9(5-12)3-2-4-10(11)13/h2-4,6-7H,5H2,1H3. The van der Waals surface area contributed by atoms with Crippen LogP contribution >= 0.6 is 15.9 Å². The minimum atomic E-state index is -0.255. The van der Waals surface area contributed by atoms with Crippen LogP contribution in [0.3, 0.4) is 0 Å². The lowest BCUT2D eigenvalue weighted by Crippen LogP contribution is -2.02. The molecule has 78 valence electrons. The van der Waals surface area contributed by atoms with Crippen molar-refractivity contribution in [3.63, 3.8) is 0 Å². The van der Waals surface area contributed by atoms with E-state index in [9.17, 15) is 4.39 Å². The summed E-state index contributed by atoms with van der Waals surface area (Å²) in [4.78, 5) is 0. The number of aryl methyl sites for hydroxylation is 1. The third-order valence-corrected chi connectivity index (χ3v) is 2.76. The topological polar surface area (TPSA) is 17.8 Å². The minimum absolute atomic E-state index is 0.255. The number of nitrogens with zero attached hydrogens (tertiary/aromatic N) is 2. The molecule has 1 aromatic carbocycles. The summed E-state index contributed by atoms with van der Waals surface area (Å²) in [5, 5.41) is 4.72. The molecule has 0 bridgehead atoms. The van der Waals surface area contributed by atoms with E-state index >= 15 is 0 Å².